The number of hydrogen-bond acceptors (Lipinski definition) is 7. The van der Waals surface area contributed by atoms with Gasteiger partial charge in [0.2, 0.25) is 0 Å². The molecule has 5 aliphatic carbocycles. The Morgan fingerprint density at radius 1 is 1.06 bits per heavy atom. The van der Waals surface area contributed by atoms with Crippen molar-refractivity contribution in [2.75, 3.05) is 13.2 Å². The van der Waals surface area contributed by atoms with Crippen LogP contribution in [0.25, 0.3) is 0 Å². The molecule has 0 radical (unpaired) electrons. The van der Waals surface area contributed by atoms with Gasteiger partial charge in [-0.3, -0.25) is 4.55 Å². The molecule has 4 bridgehead atoms. The first-order chi connectivity index (χ1) is 14.8. The molecule has 0 aromatic heterocycles. The van der Waals surface area contributed by atoms with Crippen molar-refractivity contribution in [2.45, 2.75) is 82.0 Å². The van der Waals surface area contributed by atoms with Crippen molar-refractivity contribution >= 4 is 22.2 Å². The molecular weight excluding hydrogens is 450 g/mol. The highest BCUT2D eigenvalue weighted by molar-refractivity contribution is 7.87. The van der Waals surface area contributed by atoms with Crippen LogP contribution in [0.3, 0.4) is 0 Å². The average molecular weight is 481 g/mol. The van der Waals surface area contributed by atoms with Crippen molar-refractivity contribution in [2.24, 2.45) is 22.7 Å². The van der Waals surface area contributed by atoms with Gasteiger partial charge in [-0.25, -0.2) is 9.59 Å². The molecule has 0 amide bonds. The zero-order chi connectivity index (χ0) is 23.4. The number of halogens is 2. The van der Waals surface area contributed by atoms with Crippen molar-refractivity contribution in [3.05, 3.63) is 0 Å². The molecule has 5 saturated carbocycles. The van der Waals surface area contributed by atoms with E-state index in [-0.39, 0.29) is 17.3 Å². The van der Waals surface area contributed by atoms with Gasteiger partial charge < -0.3 is 14.2 Å². The minimum Gasteiger partial charge on any atom is -0.460 e. The Bertz CT molecular complexity index is 863. The molecule has 5 rings (SSSR count). The number of carbonyl (C=O) groups is 2. The summed E-state index contributed by atoms with van der Waals surface area (Å²) in [5.74, 6) is -1.91. The first-order valence-corrected chi connectivity index (χ1v) is 12.6. The number of rotatable bonds is 8. The summed E-state index contributed by atoms with van der Waals surface area (Å²) in [7, 11) is -5.92. The van der Waals surface area contributed by atoms with Crippen molar-refractivity contribution in [1.82, 2.24) is 0 Å². The van der Waals surface area contributed by atoms with Crippen molar-refractivity contribution in [1.29, 1.82) is 0 Å². The van der Waals surface area contributed by atoms with E-state index in [1.807, 2.05) is 0 Å². The third-order valence-electron chi connectivity index (χ3n) is 8.16. The van der Waals surface area contributed by atoms with Gasteiger partial charge >= 0.3 is 27.5 Å². The molecule has 0 aliphatic heterocycles. The average Bonchev–Trinajstić information content (AvgIpc) is 2.63. The summed E-state index contributed by atoms with van der Waals surface area (Å²) < 4.78 is 73.3. The summed E-state index contributed by atoms with van der Waals surface area (Å²) in [6, 6.07) is 0. The zero-order valence-electron chi connectivity index (χ0n) is 18.1. The lowest BCUT2D eigenvalue weighted by Crippen LogP contribution is -2.59. The predicted octanol–water partition coefficient (Wildman–Crippen LogP) is 4.08. The van der Waals surface area contributed by atoms with Crippen LogP contribution in [0, 0.1) is 22.7 Å². The standard InChI is InChI=1S/C21H30F2O8S/c1-2-18(4-3-5-18)12-30-17(25)31-20-9-14-6-15(10-20)8-19(7-14,11-20)13-29-16(24)21(22,23)32(26,27)28/h14-15H,2-13H2,1H3,(H,26,27,28). The zero-order valence-corrected chi connectivity index (χ0v) is 18.9. The smallest absolute Gasteiger partial charge is 0.460 e. The predicted molar refractivity (Wildman–Crippen MR) is 106 cm³/mol. The van der Waals surface area contributed by atoms with Crippen molar-refractivity contribution in [3.8, 4) is 0 Å². The molecule has 182 valence electrons. The lowest BCUT2D eigenvalue weighted by Gasteiger charge is -2.60. The van der Waals surface area contributed by atoms with Crippen molar-refractivity contribution in [3.63, 3.8) is 0 Å². The molecule has 5 aliphatic rings. The van der Waals surface area contributed by atoms with Crippen LogP contribution in [0.4, 0.5) is 13.6 Å². The van der Waals surface area contributed by atoms with Gasteiger partial charge in [-0.2, -0.15) is 17.2 Å². The van der Waals surface area contributed by atoms with Gasteiger partial charge in [0.1, 0.15) is 12.2 Å². The van der Waals surface area contributed by atoms with E-state index in [0.29, 0.717) is 38.7 Å². The van der Waals surface area contributed by atoms with Gasteiger partial charge in [-0.1, -0.05) is 13.3 Å². The highest BCUT2D eigenvalue weighted by Gasteiger charge is 2.61. The lowest BCUT2D eigenvalue weighted by atomic mass is 9.48. The highest BCUT2D eigenvalue weighted by atomic mass is 32.2. The fraction of sp³-hybridized carbons (Fsp3) is 0.905. The molecule has 32 heavy (non-hydrogen) atoms. The van der Waals surface area contributed by atoms with E-state index in [0.717, 1.165) is 32.1 Å². The Balaban J connectivity index is 1.40. The monoisotopic (exact) mass is 480 g/mol. The molecular formula is C21H30F2O8S. The van der Waals surface area contributed by atoms with Crippen LogP contribution in [0.1, 0.15) is 71.1 Å². The van der Waals surface area contributed by atoms with Gasteiger partial charge in [0.05, 0.1) is 6.61 Å². The van der Waals surface area contributed by atoms with Gasteiger partial charge in [0.15, 0.2) is 0 Å². The number of carbonyl (C=O) groups excluding carboxylic acids is 2. The summed E-state index contributed by atoms with van der Waals surface area (Å²) >= 11 is 0. The Morgan fingerprint density at radius 3 is 2.19 bits per heavy atom. The molecule has 2 unspecified atom stereocenters. The molecule has 0 aromatic rings. The molecule has 2 atom stereocenters. The quantitative estimate of drug-likeness (QED) is 0.408. The molecule has 1 N–H and O–H groups in total. The number of esters is 1. The minimum atomic E-state index is -5.92. The second kappa shape index (κ2) is 7.78. The lowest BCUT2D eigenvalue weighted by molar-refractivity contribution is -0.199. The first kappa shape index (κ1) is 23.7. The van der Waals surface area contributed by atoms with Crippen LogP contribution in [0.15, 0.2) is 0 Å². The van der Waals surface area contributed by atoms with Gasteiger partial charge in [0, 0.05) is 10.8 Å². The minimum absolute atomic E-state index is 0.0359. The molecule has 0 spiro atoms. The SMILES string of the molecule is CCC1(COC(=O)OC23CC4CC(CC(COC(=O)C(F)(F)S(=O)(=O)O)(C4)C2)C3)CCC1. The number of alkyl halides is 2. The molecule has 11 heteroatoms. The molecule has 0 heterocycles. The van der Waals surface area contributed by atoms with Crippen LogP contribution in [-0.4, -0.2) is 49.2 Å². The third-order valence-corrected chi connectivity index (χ3v) is 8.97. The molecule has 0 aromatic carbocycles. The number of hydrogen-bond donors (Lipinski definition) is 1. The second-order valence-electron chi connectivity index (χ2n) is 10.6. The second-order valence-corrected chi connectivity index (χ2v) is 12.0. The van der Waals surface area contributed by atoms with Crippen molar-refractivity contribution < 1.29 is 45.6 Å². The van der Waals surface area contributed by atoms with E-state index in [4.69, 9.17) is 18.8 Å². The maximum atomic E-state index is 13.6. The molecule has 5 fully saturated rings. The summed E-state index contributed by atoms with van der Waals surface area (Å²) in [5.41, 5.74) is -1.43. The van der Waals surface area contributed by atoms with E-state index in [9.17, 15) is 26.8 Å². The Morgan fingerprint density at radius 2 is 1.69 bits per heavy atom. The molecule has 0 saturated heterocycles. The largest absolute Gasteiger partial charge is 0.508 e. The summed E-state index contributed by atoms with van der Waals surface area (Å²) in [6.45, 7) is 1.98. The maximum Gasteiger partial charge on any atom is 0.508 e. The number of ether oxygens (including phenoxy) is 3. The van der Waals surface area contributed by atoms with Gasteiger partial charge in [-0.15, -0.1) is 0 Å². The summed E-state index contributed by atoms with van der Waals surface area (Å²) in [5, 5.41) is -5.02. The summed E-state index contributed by atoms with van der Waals surface area (Å²) in [4.78, 5) is 24.2. The van der Waals surface area contributed by atoms with E-state index in [2.05, 4.69) is 6.92 Å². The third kappa shape index (κ3) is 4.22. The van der Waals surface area contributed by atoms with Crippen LogP contribution in [-0.2, 0) is 29.1 Å². The van der Waals surface area contributed by atoms with E-state index < -0.39 is 45.1 Å². The normalized spacial score (nSPS) is 35.1. The van der Waals surface area contributed by atoms with Gasteiger partial charge in [-0.05, 0) is 69.6 Å². The first-order valence-electron chi connectivity index (χ1n) is 11.2. The van der Waals surface area contributed by atoms with Crippen LogP contribution < -0.4 is 0 Å². The van der Waals surface area contributed by atoms with Crippen LogP contribution in [0.5, 0.6) is 0 Å². The fourth-order valence-electron chi connectivity index (χ4n) is 6.76. The van der Waals surface area contributed by atoms with Crippen LogP contribution >= 0.6 is 0 Å². The molecule has 8 nitrogen and oxygen atoms in total. The maximum absolute atomic E-state index is 13.6. The fourth-order valence-corrected chi connectivity index (χ4v) is 7.03. The summed E-state index contributed by atoms with van der Waals surface area (Å²) in [6.07, 6.45) is 7.17. The Kier molecular flexibility index (Phi) is 5.76. The van der Waals surface area contributed by atoms with E-state index in [1.165, 1.54) is 0 Å². The Labute approximate surface area is 186 Å². The highest BCUT2D eigenvalue weighted by Crippen LogP contribution is 2.63. The Hall–Kier alpha value is -1.49. The van der Waals surface area contributed by atoms with Crippen LogP contribution in [0.2, 0.25) is 0 Å². The topological polar surface area (TPSA) is 116 Å². The van der Waals surface area contributed by atoms with Gasteiger partial charge in [0.25, 0.3) is 0 Å². The van der Waals surface area contributed by atoms with E-state index in [1.54, 1.807) is 0 Å². The van der Waals surface area contributed by atoms with E-state index >= 15 is 0 Å².